The van der Waals surface area contributed by atoms with E-state index in [-0.39, 0.29) is 0 Å². The maximum atomic E-state index is 14.0. The smallest absolute Gasteiger partial charge is 0.460 e. The van der Waals surface area contributed by atoms with Crippen LogP contribution in [0.15, 0.2) is 0 Å². The Bertz CT molecular complexity index is 785. The SMILES string of the molecule is CN(C(F)(C(=O)O)C(F)(F)C(F)(F)F)S(=O)(=O)C(F)(F)C(F)(F)C(F)(F)C(F)(F)F. The van der Waals surface area contributed by atoms with Crippen molar-refractivity contribution in [3.05, 3.63) is 0 Å². The van der Waals surface area contributed by atoms with Crippen molar-refractivity contribution in [1.29, 1.82) is 0 Å². The normalized spacial score (nSPS) is 17.8. The van der Waals surface area contributed by atoms with Crippen molar-refractivity contribution in [2.45, 2.75) is 41.2 Å². The molecule has 0 bridgehead atoms. The van der Waals surface area contributed by atoms with E-state index >= 15 is 0 Å². The Balaban J connectivity index is 6.98. The van der Waals surface area contributed by atoms with Crippen LogP contribution in [0.5, 0.6) is 0 Å². The van der Waals surface area contributed by atoms with Crippen molar-refractivity contribution in [2.24, 2.45) is 0 Å². The van der Waals surface area contributed by atoms with Crippen molar-refractivity contribution in [3.8, 4) is 0 Å². The number of halogens is 15. The molecular weight excluding hydrogens is 503 g/mol. The van der Waals surface area contributed by atoms with Crippen LogP contribution in [0, 0.1) is 0 Å². The maximum Gasteiger partial charge on any atom is 0.460 e. The number of rotatable bonds is 7. The zero-order valence-electron chi connectivity index (χ0n) is 13.2. The molecule has 0 aromatic rings. The van der Waals surface area contributed by atoms with Gasteiger partial charge in [-0.05, 0) is 0 Å². The van der Waals surface area contributed by atoms with E-state index in [1.54, 1.807) is 0 Å². The Morgan fingerprint density at radius 3 is 1.20 bits per heavy atom. The highest BCUT2D eigenvalue weighted by Crippen LogP contribution is 2.57. The summed E-state index contributed by atoms with van der Waals surface area (Å²) in [5.41, 5.74) is 0. The number of likely N-dealkylation sites (N-methyl/N-ethyl adjacent to an activating group) is 1. The van der Waals surface area contributed by atoms with Gasteiger partial charge in [-0.25, -0.2) is 17.6 Å². The van der Waals surface area contributed by atoms with Gasteiger partial charge in [0, 0.05) is 7.05 Å². The van der Waals surface area contributed by atoms with Crippen molar-refractivity contribution in [1.82, 2.24) is 4.31 Å². The zero-order valence-corrected chi connectivity index (χ0v) is 14.0. The minimum atomic E-state index is -8.45. The highest BCUT2D eigenvalue weighted by molar-refractivity contribution is 7.90. The van der Waals surface area contributed by atoms with E-state index < -0.39 is 68.5 Å². The molecule has 0 spiro atoms. The second kappa shape index (κ2) is 6.92. The number of hydrogen-bond donors (Lipinski definition) is 1. The Morgan fingerprint density at radius 2 is 0.967 bits per heavy atom. The molecule has 0 aliphatic heterocycles. The number of carboxylic acid groups (broad SMARTS) is 1. The third-order valence-corrected chi connectivity index (χ3v) is 5.17. The molecule has 1 unspecified atom stereocenters. The van der Waals surface area contributed by atoms with E-state index in [4.69, 9.17) is 5.11 Å². The first-order valence-electron chi connectivity index (χ1n) is 6.15. The highest BCUT2D eigenvalue weighted by atomic mass is 32.2. The van der Waals surface area contributed by atoms with Crippen LogP contribution in [0.3, 0.4) is 0 Å². The molecule has 0 rings (SSSR count). The summed E-state index contributed by atoms with van der Waals surface area (Å²) < 4.78 is 211. The number of alkyl halides is 15. The quantitative estimate of drug-likeness (QED) is 0.422. The van der Waals surface area contributed by atoms with Crippen LogP contribution in [0.2, 0.25) is 0 Å². The van der Waals surface area contributed by atoms with Gasteiger partial charge >= 0.3 is 47.1 Å². The fraction of sp³-hybridized carbons (Fsp3) is 0.889. The van der Waals surface area contributed by atoms with E-state index in [0.717, 1.165) is 0 Å². The van der Waals surface area contributed by atoms with E-state index in [9.17, 15) is 79.1 Å². The Morgan fingerprint density at radius 1 is 0.667 bits per heavy atom. The molecule has 0 amide bonds. The Labute approximate surface area is 154 Å². The minimum absolute atomic E-state index is 1.27. The van der Waals surface area contributed by atoms with Crippen LogP contribution in [-0.2, 0) is 14.8 Å². The first-order valence-corrected chi connectivity index (χ1v) is 7.59. The van der Waals surface area contributed by atoms with Crippen molar-refractivity contribution in [3.63, 3.8) is 0 Å². The van der Waals surface area contributed by atoms with E-state index in [1.165, 1.54) is 0 Å². The van der Waals surface area contributed by atoms with Gasteiger partial charge in [-0.2, -0.15) is 61.5 Å². The predicted octanol–water partition coefficient (Wildman–Crippen LogP) is 3.62. The molecule has 0 saturated carbocycles. The fourth-order valence-electron chi connectivity index (χ4n) is 1.51. The van der Waals surface area contributed by atoms with Gasteiger partial charge in [0.1, 0.15) is 0 Å². The Hall–Kier alpha value is -1.67. The van der Waals surface area contributed by atoms with Crippen LogP contribution in [0.4, 0.5) is 65.9 Å². The average molecular weight is 507 g/mol. The number of carboxylic acids is 1. The highest BCUT2D eigenvalue weighted by Gasteiger charge is 2.88. The van der Waals surface area contributed by atoms with Crippen LogP contribution < -0.4 is 0 Å². The zero-order chi connectivity index (χ0) is 25.2. The van der Waals surface area contributed by atoms with Crippen LogP contribution in [0.1, 0.15) is 0 Å². The molecule has 0 radical (unpaired) electrons. The molecule has 180 valence electrons. The molecule has 1 N–H and O–H groups in total. The standard InChI is InChI=1S/C9H4F15NO4S/c1-25(3(10,2(26)27)4(11,12)7(17,18)19)30(28,29)9(23,24)6(15,16)5(13,14)8(20,21)22/h1H3,(H,26,27). The van der Waals surface area contributed by atoms with Crippen molar-refractivity contribution in [2.75, 3.05) is 7.05 Å². The minimum Gasteiger partial charge on any atom is -0.478 e. The van der Waals surface area contributed by atoms with Crippen LogP contribution >= 0.6 is 0 Å². The van der Waals surface area contributed by atoms with Gasteiger partial charge in [-0.1, -0.05) is 0 Å². The lowest BCUT2D eigenvalue weighted by molar-refractivity contribution is -0.383. The topological polar surface area (TPSA) is 74.7 Å². The van der Waals surface area contributed by atoms with Gasteiger partial charge in [0.25, 0.3) is 10.0 Å². The molecule has 5 nitrogen and oxygen atoms in total. The summed E-state index contributed by atoms with van der Waals surface area (Å²) in [7, 11) is -9.72. The molecule has 30 heavy (non-hydrogen) atoms. The molecule has 0 aliphatic rings. The van der Waals surface area contributed by atoms with Crippen molar-refractivity contribution < 1.29 is 84.2 Å². The summed E-state index contributed by atoms with van der Waals surface area (Å²) in [5.74, 6) is -34.8. The predicted molar refractivity (Wildman–Crippen MR) is 60.1 cm³/mol. The van der Waals surface area contributed by atoms with E-state index in [0.29, 0.717) is 0 Å². The lowest BCUT2D eigenvalue weighted by Gasteiger charge is -2.40. The van der Waals surface area contributed by atoms with Crippen LogP contribution in [-0.4, -0.2) is 72.0 Å². The molecule has 0 heterocycles. The third-order valence-electron chi connectivity index (χ3n) is 3.29. The summed E-state index contributed by atoms with van der Waals surface area (Å²) in [6, 6.07) is 0. The van der Waals surface area contributed by atoms with Gasteiger partial charge in [-0.15, -0.1) is 4.31 Å². The van der Waals surface area contributed by atoms with E-state index in [2.05, 4.69) is 0 Å². The first kappa shape index (κ1) is 28.3. The first-order chi connectivity index (χ1) is 12.6. The van der Waals surface area contributed by atoms with E-state index in [1.807, 2.05) is 0 Å². The summed E-state index contributed by atoms with van der Waals surface area (Å²) in [6.07, 6.45) is -15.1. The summed E-state index contributed by atoms with van der Waals surface area (Å²) in [5, 5.41) is 0.231. The van der Waals surface area contributed by atoms with Gasteiger partial charge in [-0.3, -0.25) is 0 Å². The number of nitrogens with zero attached hydrogens (tertiary/aromatic N) is 1. The number of aliphatic carboxylic acids is 1. The van der Waals surface area contributed by atoms with Gasteiger partial charge in [0.2, 0.25) is 0 Å². The average Bonchev–Trinajstić information content (AvgIpc) is 2.49. The molecule has 1 atom stereocenters. The van der Waals surface area contributed by atoms with Crippen LogP contribution in [0.25, 0.3) is 0 Å². The summed E-state index contributed by atoms with van der Waals surface area (Å²) >= 11 is 0. The summed E-state index contributed by atoms with van der Waals surface area (Å²) in [6.45, 7) is 0. The lowest BCUT2D eigenvalue weighted by Crippen LogP contribution is -2.72. The molecule has 0 saturated heterocycles. The third kappa shape index (κ3) is 3.42. The molecule has 0 aliphatic carbocycles. The molecule has 0 fully saturated rings. The van der Waals surface area contributed by atoms with Gasteiger partial charge < -0.3 is 5.11 Å². The second-order valence-electron chi connectivity index (χ2n) is 5.14. The lowest BCUT2D eigenvalue weighted by atomic mass is 10.1. The second-order valence-corrected chi connectivity index (χ2v) is 7.15. The molecule has 21 heteroatoms. The monoisotopic (exact) mass is 507 g/mol. The number of sulfonamides is 1. The Kier molecular flexibility index (Phi) is 6.53. The fourth-order valence-corrected chi connectivity index (χ4v) is 2.83. The summed E-state index contributed by atoms with van der Waals surface area (Å²) in [4.78, 5) is 10.5. The number of hydrogen-bond acceptors (Lipinski definition) is 3. The van der Waals surface area contributed by atoms with Gasteiger partial charge in [0.15, 0.2) is 0 Å². The maximum absolute atomic E-state index is 14.0. The molecule has 0 aromatic carbocycles. The largest absolute Gasteiger partial charge is 0.478 e. The van der Waals surface area contributed by atoms with Crippen molar-refractivity contribution >= 4 is 16.0 Å². The molecule has 0 aromatic heterocycles. The van der Waals surface area contributed by atoms with Gasteiger partial charge in [0.05, 0.1) is 0 Å². The molecular formula is C9H4F15NO4S. The number of carbonyl (C=O) groups is 1.